The van der Waals surface area contributed by atoms with E-state index in [4.69, 9.17) is 15.2 Å². The molecule has 0 aromatic heterocycles. The molecular formula is C32H44N8O9S2. The van der Waals surface area contributed by atoms with Gasteiger partial charge in [-0.05, 0) is 20.3 Å². The van der Waals surface area contributed by atoms with Gasteiger partial charge in [0.1, 0.15) is 6.61 Å². The van der Waals surface area contributed by atoms with Crippen molar-refractivity contribution in [1.29, 1.82) is 0 Å². The molecular weight excluding hydrogens is 705 g/mol. The Hall–Kier alpha value is -3.94. The first-order valence-electron chi connectivity index (χ1n) is 16.8. The Kier molecular flexibility index (Phi) is 12.1. The number of ether oxygens (including phenoxy) is 2. The predicted octanol–water partition coefficient (Wildman–Crippen LogP) is -0.465. The molecule has 3 fully saturated rings. The van der Waals surface area contributed by atoms with Crippen molar-refractivity contribution in [1.82, 2.24) is 31.2 Å². The molecule has 0 saturated carbocycles. The lowest BCUT2D eigenvalue weighted by Crippen LogP contribution is -2.55. The van der Waals surface area contributed by atoms with E-state index in [1.165, 1.54) is 7.11 Å². The number of allylic oxidation sites excluding steroid dienone is 2. The molecule has 0 aromatic rings. The summed E-state index contributed by atoms with van der Waals surface area (Å²) in [6.07, 6.45) is -0.328. The normalized spacial score (nSPS) is 26.8. The maximum Gasteiger partial charge on any atom is 0.404 e. The fraction of sp³-hybridized carbons (Fsp3) is 0.625. The fourth-order valence-corrected chi connectivity index (χ4v) is 8.83. The van der Waals surface area contributed by atoms with Crippen LogP contribution in [0.3, 0.4) is 0 Å². The summed E-state index contributed by atoms with van der Waals surface area (Å²) in [6.45, 7) is 6.17. The number of rotatable bonds is 18. The van der Waals surface area contributed by atoms with Crippen LogP contribution in [0, 0.1) is 11.8 Å². The summed E-state index contributed by atoms with van der Waals surface area (Å²) in [6, 6.07) is -0.00732. The number of nitrogens with two attached hydrogens (primary N) is 1. The lowest BCUT2D eigenvalue weighted by atomic mass is 9.82. The number of hydrogen-bond acceptors (Lipinski definition) is 15. The highest BCUT2D eigenvalue weighted by Crippen LogP contribution is 2.55. The Balaban J connectivity index is 0.974. The summed E-state index contributed by atoms with van der Waals surface area (Å²) in [4.78, 5) is 90.0. The molecule has 0 radical (unpaired) electrons. The zero-order valence-electron chi connectivity index (χ0n) is 29.0. The van der Waals surface area contributed by atoms with Crippen LogP contribution in [0.25, 0.3) is 0 Å². The number of amides is 5. The number of fused-ring (bicyclic) bond motifs is 4. The number of imide groups is 1. The smallest absolute Gasteiger partial charge is 0.404 e. The number of ketones is 2. The number of likely N-dealkylation sites (tertiary alicyclic amines) is 1. The van der Waals surface area contributed by atoms with Crippen LogP contribution in [-0.2, 0) is 38.2 Å². The fourth-order valence-electron chi connectivity index (χ4n) is 7.02. The van der Waals surface area contributed by atoms with Gasteiger partial charge in [-0.1, -0.05) is 28.5 Å². The van der Waals surface area contributed by atoms with Gasteiger partial charge in [-0.2, -0.15) is 5.10 Å². The predicted molar refractivity (Wildman–Crippen MR) is 187 cm³/mol. The first-order valence-corrected chi connectivity index (χ1v) is 19.3. The van der Waals surface area contributed by atoms with Crippen molar-refractivity contribution in [3.8, 4) is 0 Å². The van der Waals surface area contributed by atoms with E-state index in [1.54, 1.807) is 42.4 Å². The molecule has 4 aliphatic heterocycles. The molecule has 5 amide bonds. The summed E-state index contributed by atoms with van der Waals surface area (Å²) in [5.41, 5.74) is 8.29. The van der Waals surface area contributed by atoms with Crippen LogP contribution in [0.1, 0.15) is 46.5 Å². The van der Waals surface area contributed by atoms with Crippen molar-refractivity contribution >= 4 is 68.6 Å². The van der Waals surface area contributed by atoms with Crippen molar-refractivity contribution in [3.63, 3.8) is 0 Å². The summed E-state index contributed by atoms with van der Waals surface area (Å²) in [5.74, 6) is -1.52. The molecule has 3 saturated heterocycles. The molecule has 4 heterocycles. The molecule has 6 N–H and O–H groups in total. The van der Waals surface area contributed by atoms with Gasteiger partial charge in [0.2, 0.25) is 35.2 Å². The number of methoxy groups -OCH3 is 1. The summed E-state index contributed by atoms with van der Waals surface area (Å²) in [7, 11) is 4.63. The summed E-state index contributed by atoms with van der Waals surface area (Å²) in [5, 5.41) is 13.3. The Morgan fingerprint density at radius 1 is 1.06 bits per heavy atom. The molecule has 0 bridgehead atoms. The standard InChI is InChI=1S/C32H44N8O9S2/c1-16-13-23(43)39(30(16)46)10-7-22(42)38-37-17(2)5-6-21(41)34-8-11-50-51-12-9-35-25-18(3)27(44)26-24(28(25)45)19(15-49-31(33)47)32(48-4)29-20(36-29)14-40(26)32/h16,19-20,29,35-36H,5-15H2,1-4H3,(H2,33,47)(H,34,41)(H,38,42)/b37-17+/t16?,19-,20+,29+,32-/m1/s1. The molecule has 1 aliphatic carbocycles. The average Bonchev–Trinajstić information content (AvgIpc) is 3.62. The Bertz CT molecular complexity index is 1600. The number of hydrazone groups is 1. The van der Waals surface area contributed by atoms with Gasteiger partial charge in [0.05, 0.1) is 23.4 Å². The minimum absolute atomic E-state index is 0.0142. The van der Waals surface area contributed by atoms with E-state index in [0.717, 1.165) is 4.90 Å². The third-order valence-electron chi connectivity index (χ3n) is 9.62. The molecule has 5 aliphatic rings. The number of Topliss-reactive ketones (excluding diaryl/α,β-unsaturated/α-hetero) is 2. The van der Waals surface area contributed by atoms with Crippen molar-refractivity contribution in [2.75, 3.05) is 51.4 Å². The van der Waals surface area contributed by atoms with Gasteiger partial charge >= 0.3 is 6.09 Å². The largest absolute Gasteiger partial charge is 0.449 e. The van der Waals surface area contributed by atoms with Gasteiger partial charge in [0.25, 0.3) is 0 Å². The first kappa shape index (κ1) is 38.3. The highest BCUT2D eigenvalue weighted by Gasteiger charge is 2.72. The topological polar surface area (TPSA) is 241 Å². The van der Waals surface area contributed by atoms with E-state index in [9.17, 15) is 33.6 Å². The van der Waals surface area contributed by atoms with Crippen LogP contribution in [-0.4, -0.2) is 126 Å². The van der Waals surface area contributed by atoms with Gasteiger partial charge in [0.15, 0.2) is 5.72 Å². The van der Waals surface area contributed by atoms with Crippen LogP contribution >= 0.6 is 21.6 Å². The van der Waals surface area contributed by atoms with E-state index < -0.39 is 23.6 Å². The van der Waals surface area contributed by atoms with Crippen LogP contribution in [0.2, 0.25) is 0 Å². The molecule has 5 atom stereocenters. The highest BCUT2D eigenvalue weighted by atomic mass is 33.1. The molecule has 0 aromatic carbocycles. The van der Waals surface area contributed by atoms with Gasteiger partial charge < -0.3 is 36.1 Å². The number of piperazine rings is 1. The Labute approximate surface area is 303 Å². The van der Waals surface area contributed by atoms with E-state index in [-0.39, 0.29) is 91.0 Å². The Morgan fingerprint density at radius 3 is 2.45 bits per heavy atom. The number of primary amides is 1. The first-order chi connectivity index (χ1) is 24.3. The number of nitrogens with zero attached hydrogens (tertiary/aromatic N) is 3. The number of carbonyl (C=O) groups is 7. The van der Waals surface area contributed by atoms with E-state index in [0.29, 0.717) is 54.5 Å². The molecule has 19 heteroatoms. The molecule has 5 rings (SSSR count). The van der Waals surface area contributed by atoms with Gasteiger partial charge in [-0.25, -0.2) is 10.2 Å². The molecule has 51 heavy (non-hydrogen) atoms. The van der Waals surface area contributed by atoms with Gasteiger partial charge in [-0.3, -0.25) is 33.7 Å². The molecule has 1 unspecified atom stereocenters. The monoisotopic (exact) mass is 748 g/mol. The van der Waals surface area contributed by atoms with Crippen molar-refractivity contribution in [2.45, 2.75) is 64.3 Å². The second-order valence-electron chi connectivity index (χ2n) is 13.0. The number of hydrogen-bond donors (Lipinski definition) is 5. The lowest BCUT2D eigenvalue weighted by molar-refractivity contribution is -0.139. The van der Waals surface area contributed by atoms with Gasteiger partial charge in [0, 0.05) is 92.9 Å². The minimum atomic E-state index is -1.03. The zero-order chi connectivity index (χ0) is 37.0. The van der Waals surface area contributed by atoms with E-state index >= 15 is 0 Å². The molecule has 0 spiro atoms. The van der Waals surface area contributed by atoms with E-state index in [2.05, 4.69) is 26.5 Å². The zero-order valence-corrected chi connectivity index (χ0v) is 30.6. The third-order valence-corrected chi connectivity index (χ3v) is 12.0. The van der Waals surface area contributed by atoms with E-state index in [1.807, 2.05) is 4.90 Å². The van der Waals surface area contributed by atoms with Crippen LogP contribution in [0.4, 0.5) is 4.79 Å². The van der Waals surface area contributed by atoms with Crippen molar-refractivity contribution in [2.24, 2.45) is 22.7 Å². The molecule has 278 valence electrons. The van der Waals surface area contributed by atoms with Crippen molar-refractivity contribution in [3.05, 3.63) is 22.5 Å². The highest BCUT2D eigenvalue weighted by molar-refractivity contribution is 8.76. The third kappa shape index (κ3) is 7.95. The SMILES string of the molecule is CO[C@@]12[C@H](COC(N)=O)C3=C(C(=O)C(C)=C(NCCSSCCNC(=O)CC/C(C)=N/NC(=O)CCN4C(=O)CC(C)C4=O)C3=O)N1C[C@@H]1N[C@@H]12. The maximum absolute atomic E-state index is 13.9. The minimum Gasteiger partial charge on any atom is -0.449 e. The average molecular weight is 749 g/mol. The maximum atomic E-state index is 13.9. The number of carbonyl (C=O) groups excluding carboxylic acids is 7. The van der Waals surface area contributed by atoms with Crippen LogP contribution < -0.4 is 27.1 Å². The lowest BCUT2D eigenvalue weighted by Gasteiger charge is -2.39. The Morgan fingerprint density at radius 2 is 1.78 bits per heavy atom. The van der Waals surface area contributed by atoms with Crippen LogP contribution in [0.5, 0.6) is 0 Å². The van der Waals surface area contributed by atoms with Crippen LogP contribution in [0.15, 0.2) is 27.6 Å². The summed E-state index contributed by atoms with van der Waals surface area (Å²) >= 11 is 0. The summed E-state index contributed by atoms with van der Waals surface area (Å²) < 4.78 is 11.1. The quantitative estimate of drug-likeness (QED) is 0.0227. The molecule has 17 nitrogen and oxygen atoms in total. The van der Waals surface area contributed by atoms with Gasteiger partial charge in [-0.15, -0.1) is 0 Å². The number of nitrogens with one attached hydrogen (secondary N) is 4. The second kappa shape index (κ2) is 16.2. The second-order valence-corrected chi connectivity index (χ2v) is 15.7. The van der Waals surface area contributed by atoms with Crippen molar-refractivity contribution < 1.29 is 43.0 Å².